The topological polar surface area (TPSA) is 155 Å². The Morgan fingerprint density at radius 2 is 0.932 bits per heavy atom. The molecule has 3 atom stereocenters. The van der Waals surface area contributed by atoms with E-state index in [1.807, 2.05) is 0 Å². The van der Waals surface area contributed by atoms with Crippen LogP contribution in [0.25, 0.3) is 0 Å². The van der Waals surface area contributed by atoms with Gasteiger partial charge in [0.2, 0.25) is 0 Å². The minimum Gasteiger partial charge on any atom is -0.480 e. The van der Waals surface area contributed by atoms with E-state index in [0.29, 0.717) is 13.0 Å². The van der Waals surface area contributed by atoms with E-state index in [1.165, 1.54) is 154 Å². The van der Waals surface area contributed by atoms with Crippen molar-refractivity contribution >= 4 is 19.8 Å². The zero-order valence-corrected chi connectivity index (χ0v) is 39.0. The van der Waals surface area contributed by atoms with E-state index in [4.69, 9.17) is 29.4 Å². The number of carbonyl (C=O) groups is 2. The molecule has 10 nitrogen and oxygen atoms in total. The molecule has 0 rings (SSSR count). The molecular formula is C48H92NO9P. The highest BCUT2D eigenvalue weighted by Gasteiger charge is 2.27. The second-order valence-corrected chi connectivity index (χ2v) is 18.1. The van der Waals surface area contributed by atoms with Crippen LogP contribution >= 0.6 is 7.82 Å². The molecule has 0 spiro atoms. The van der Waals surface area contributed by atoms with Gasteiger partial charge >= 0.3 is 19.8 Å². The molecule has 0 aromatic heterocycles. The van der Waals surface area contributed by atoms with E-state index >= 15 is 0 Å². The molecule has 11 heteroatoms. The lowest BCUT2D eigenvalue weighted by atomic mass is 10.0. The molecule has 348 valence electrons. The summed E-state index contributed by atoms with van der Waals surface area (Å²) in [5.41, 5.74) is 5.37. The van der Waals surface area contributed by atoms with Crippen LogP contribution in [-0.2, 0) is 32.7 Å². The van der Waals surface area contributed by atoms with Gasteiger partial charge in [0.25, 0.3) is 0 Å². The molecule has 0 radical (unpaired) electrons. The summed E-state index contributed by atoms with van der Waals surface area (Å²) in [5.74, 6) is -1.77. The maximum atomic E-state index is 12.7. The third-order valence-electron chi connectivity index (χ3n) is 10.7. The summed E-state index contributed by atoms with van der Waals surface area (Å²) in [5, 5.41) is 8.92. The third-order valence-corrected chi connectivity index (χ3v) is 11.7. The first-order chi connectivity index (χ1) is 28.7. The van der Waals surface area contributed by atoms with Crippen LogP contribution in [-0.4, -0.2) is 60.5 Å². The molecule has 0 fully saturated rings. The fourth-order valence-electron chi connectivity index (χ4n) is 6.93. The van der Waals surface area contributed by atoms with Crippen LogP contribution in [0.1, 0.15) is 232 Å². The maximum absolute atomic E-state index is 12.7. The Labute approximate surface area is 362 Å². The lowest BCUT2D eigenvalue weighted by Crippen LogP contribution is -2.34. The van der Waals surface area contributed by atoms with Crippen molar-refractivity contribution in [2.24, 2.45) is 5.73 Å². The zero-order chi connectivity index (χ0) is 43.3. The van der Waals surface area contributed by atoms with E-state index in [-0.39, 0.29) is 13.0 Å². The largest absolute Gasteiger partial charge is 0.480 e. The molecule has 0 aliphatic heterocycles. The third kappa shape index (κ3) is 44.3. The number of carbonyl (C=O) groups excluding carboxylic acids is 1. The first-order valence-corrected chi connectivity index (χ1v) is 25.9. The fraction of sp³-hybridized carbons (Fsp3) is 0.875. The average molecular weight is 858 g/mol. The summed E-state index contributed by atoms with van der Waals surface area (Å²) >= 11 is 0. The number of nitrogens with two attached hydrogens (primary N) is 1. The van der Waals surface area contributed by atoms with Gasteiger partial charge in [-0.1, -0.05) is 205 Å². The number of phosphoric acid groups is 1. The number of carboxylic acids is 1. The molecule has 0 saturated heterocycles. The lowest BCUT2D eigenvalue weighted by Gasteiger charge is -2.20. The average Bonchev–Trinajstić information content (AvgIpc) is 3.21. The number of hydrogen-bond donors (Lipinski definition) is 3. The highest BCUT2D eigenvalue weighted by Crippen LogP contribution is 2.43. The summed E-state index contributed by atoms with van der Waals surface area (Å²) in [6.07, 6.45) is 49.4. The molecule has 0 amide bonds. The number of ether oxygens (including phenoxy) is 2. The molecule has 0 aromatic carbocycles. The van der Waals surface area contributed by atoms with E-state index < -0.39 is 45.1 Å². The lowest BCUT2D eigenvalue weighted by molar-refractivity contribution is -0.154. The molecule has 0 aliphatic rings. The molecule has 0 aromatic rings. The van der Waals surface area contributed by atoms with Crippen molar-refractivity contribution < 1.29 is 42.7 Å². The molecule has 0 bridgehead atoms. The van der Waals surface area contributed by atoms with Crippen LogP contribution in [0.4, 0.5) is 0 Å². The summed E-state index contributed by atoms with van der Waals surface area (Å²) in [6, 6.07) is -1.47. The summed E-state index contributed by atoms with van der Waals surface area (Å²) < 4.78 is 33.5. The Morgan fingerprint density at radius 3 is 1.41 bits per heavy atom. The highest BCUT2D eigenvalue weighted by molar-refractivity contribution is 7.47. The molecule has 0 saturated carbocycles. The molecule has 0 heterocycles. The van der Waals surface area contributed by atoms with Crippen molar-refractivity contribution in [2.45, 2.75) is 244 Å². The van der Waals surface area contributed by atoms with Gasteiger partial charge in [0, 0.05) is 13.0 Å². The monoisotopic (exact) mass is 858 g/mol. The van der Waals surface area contributed by atoms with Gasteiger partial charge in [0.05, 0.1) is 19.8 Å². The smallest absolute Gasteiger partial charge is 0.472 e. The SMILES string of the molecule is CCCCC/C=C\C/C=C\CCCCCCCCCCCC(=O)O[C@H](COCCCCCCCCCCCCCCCCCCCC)COP(=O)(O)OC[C@H](N)C(=O)O. The Kier molecular flexibility index (Phi) is 43.3. The van der Waals surface area contributed by atoms with Crippen LogP contribution in [0.3, 0.4) is 0 Å². The van der Waals surface area contributed by atoms with Gasteiger partial charge in [-0.25, -0.2) is 4.57 Å². The number of unbranched alkanes of at least 4 members (excludes halogenated alkanes) is 29. The maximum Gasteiger partial charge on any atom is 0.472 e. The van der Waals surface area contributed by atoms with Crippen molar-refractivity contribution in [3.63, 3.8) is 0 Å². The Morgan fingerprint density at radius 1 is 0.542 bits per heavy atom. The number of phosphoric ester groups is 1. The van der Waals surface area contributed by atoms with Crippen LogP contribution in [0.5, 0.6) is 0 Å². The predicted octanol–water partition coefficient (Wildman–Crippen LogP) is 13.9. The summed E-state index contributed by atoms with van der Waals surface area (Å²) in [7, 11) is -4.62. The number of aliphatic carboxylic acids is 1. The number of allylic oxidation sites excluding steroid dienone is 4. The van der Waals surface area contributed by atoms with Crippen molar-refractivity contribution in [3.8, 4) is 0 Å². The number of esters is 1. The second-order valence-electron chi connectivity index (χ2n) is 16.6. The minimum absolute atomic E-state index is 0.0200. The molecule has 4 N–H and O–H groups in total. The molecule has 0 aliphatic carbocycles. The first-order valence-electron chi connectivity index (χ1n) is 24.4. The predicted molar refractivity (Wildman–Crippen MR) is 245 cm³/mol. The second kappa shape index (κ2) is 44.5. The summed E-state index contributed by atoms with van der Waals surface area (Å²) in [6.45, 7) is 3.90. The van der Waals surface area contributed by atoms with Crippen molar-refractivity contribution in [1.82, 2.24) is 0 Å². The van der Waals surface area contributed by atoms with Gasteiger partial charge in [-0.15, -0.1) is 0 Å². The van der Waals surface area contributed by atoms with Crippen molar-refractivity contribution in [1.29, 1.82) is 0 Å². The highest BCUT2D eigenvalue weighted by atomic mass is 31.2. The Bertz CT molecular complexity index is 1040. The van der Waals surface area contributed by atoms with Gasteiger partial charge < -0.3 is 25.2 Å². The van der Waals surface area contributed by atoms with Gasteiger partial charge in [-0.3, -0.25) is 18.6 Å². The van der Waals surface area contributed by atoms with Gasteiger partial charge in [-0.05, 0) is 44.9 Å². The standard InChI is InChI=1S/C48H92NO9P/c1-3-5-7-9-11-13-15-17-19-21-23-24-26-28-30-32-34-36-38-40-47(50)58-45(43-56-59(53,54)57-44-46(49)48(51)52)42-55-41-39-37-35-33-31-29-27-25-22-20-18-16-14-12-10-8-6-4-2/h11,13,17,19,45-46H,3-10,12,14-16,18,20-44,49H2,1-2H3,(H,51,52)(H,53,54)/b13-11-,19-17-/t45-,46+/m1/s1. The van der Waals surface area contributed by atoms with Crippen LogP contribution in [0, 0.1) is 0 Å². The Hall–Kier alpha value is -1.55. The number of rotatable bonds is 47. The summed E-state index contributed by atoms with van der Waals surface area (Å²) in [4.78, 5) is 33.6. The Balaban J connectivity index is 4.15. The molecule has 59 heavy (non-hydrogen) atoms. The van der Waals surface area contributed by atoms with E-state index in [9.17, 15) is 19.0 Å². The van der Waals surface area contributed by atoms with Crippen LogP contribution < -0.4 is 5.73 Å². The van der Waals surface area contributed by atoms with Crippen molar-refractivity contribution in [2.75, 3.05) is 26.4 Å². The molecular weight excluding hydrogens is 766 g/mol. The van der Waals surface area contributed by atoms with Gasteiger partial charge in [-0.2, -0.15) is 0 Å². The molecule has 1 unspecified atom stereocenters. The first kappa shape index (κ1) is 57.4. The zero-order valence-electron chi connectivity index (χ0n) is 38.1. The number of carboxylic acid groups (broad SMARTS) is 1. The quantitative estimate of drug-likeness (QED) is 0.0233. The van der Waals surface area contributed by atoms with Crippen LogP contribution in [0.2, 0.25) is 0 Å². The fourth-order valence-corrected chi connectivity index (χ4v) is 7.71. The van der Waals surface area contributed by atoms with Gasteiger partial charge in [0.1, 0.15) is 12.1 Å². The van der Waals surface area contributed by atoms with Gasteiger partial charge in [0.15, 0.2) is 0 Å². The van der Waals surface area contributed by atoms with Crippen LogP contribution in [0.15, 0.2) is 24.3 Å². The van der Waals surface area contributed by atoms with Crippen molar-refractivity contribution in [3.05, 3.63) is 24.3 Å². The van der Waals surface area contributed by atoms with E-state index in [0.717, 1.165) is 51.4 Å². The van der Waals surface area contributed by atoms with E-state index in [1.54, 1.807) is 0 Å². The minimum atomic E-state index is -4.62. The normalized spacial score (nSPS) is 14.0. The van der Waals surface area contributed by atoms with E-state index in [2.05, 4.69) is 38.2 Å². The number of hydrogen-bond acceptors (Lipinski definition) is 8.